The van der Waals surface area contributed by atoms with Crippen molar-refractivity contribution in [2.24, 2.45) is 0 Å². The van der Waals surface area contributed by atoms with Crippen molar-refractivity contribution in [3.8, 4) is 50.2 Å². The summed E-state index contributed by atoms with van der Waals surface area (Å²) < 4.78 is 8.81. The predicted molar refractivity (Wildman–Crippen MR) is 210 cm³/mol. The third kappa shape index (κ3) is 4.65. The first-order valence-electron chi connectivity index (χ1n) is 17.1. The zero-order chi connectivity index (χ0) is 33.0. The summed E-state index contributed by atoms with van der Waals surface area (Å²) in [6, 6.07) is 67.4. The van der Waals surface area contributed by atoms with E-state index in [9.17, 15) is 0 Å². The second-order valence-electron chi connectivity index (χ2n) is 12.9. The summed E-state index contributed by atoms with van der Waals surface area (Å²) in [5.74, 6) is 0. The van der Waals surface area contributed by atoms with Gasteiger partial charge in [-0.25, -0.2) is 0 Å². The van der Waals surface area contributed by atoms with Crippen LogP contribution in [0.5, 0.6) is 0 Å². The molecule has 0 N–H and O–H groups in total. The molecule has 2 aromatic heterocycles. The molecule has 8 aromatic carbocycles. The van der Waals surface area contributed by atoms with Gasteiger partial charge < -0.3 is 8.98 Å². The molecule has 50 heavy (non-hydrogen) atoms. The van der Waals surface area contributed by atoms with E-state index in [0.717, 1.165) is 38.8 Å². The number of furan rings is 1. The van der Waals surface area contributed by atoms with Gasteiger partial charge in [0.05, 0.1) is 11.0 Å². The Morgan fingerprint density at radius 2 is 0.880 bits per heavy atom. The molecule has 0 aliphatic carbocycles. The van der Waals surface area contributed by atoms with E-state index in [-0.39, 0.29) is 0 Å². The quantitative estimate of drug-likeness (QED) is 0.184. The number of fused-ring (bicyclic) bond motifs is 6. The van der Waals surface area contributed by atoms with Crippen LogP contribution in [-0.4, -0.2) is 4.57 Å². The first-order chi connectivity index (χ1) is 24.8. The van der Waals surface area contributed by atoms with Crippen molar-refractivity contribution in [1.82, 2.24) is 4.57 Å². The van der Waals surface area contributed by atoms with Gasteiger partial charge in [-0.2, -0.15) is 0 Å². The van der Waals surface area contributed by atoms with Crippen molar-refractivity contribution in [3.63, 3.8) is 0 Å². The van der Waals surface area contributed by atoms with Gasteiger partial charge in [0.15, 0.2) is 0 Å². The molecule has 0 saturated heterocycles. The molecule has 0 spiro atoms. The van der Waals surface area contributed by atoms with Gasteiger partial charge in [0.2, 0.25) is 0 Å². The third-order valence-electron chi connectivity index (χ3n) is 10.0. The van der Waals surface area contributed by atoms with E-state index in [0.29, 0.717) is 0 Å². The number of nitrogens with zero attached hydrogens (tertiary/aromatic N) is 1. The minimum absolute atomic E-state index is 0.916. The van der Waals surface area contributed by atoms with E-state index in [1.54, 1.807) is 0 Å². The summed E-state index contributed by atoms with van der Waals surface area (Å²) in [7, 11) is 0. The van der Waals surface area contributed by atoms with E-state index >= 15 is 0 Å². The van der Waals surface area contributed by atoms with Crippen molar-refractivity contribution in [3.05, 3.63) is 188 Å². The highest BCUT2D eigenvalue weighted by atomic mass is 16.3. The minimum Gasteiger partial charge on any atom is -0.455 e. The van der Waals surface area contributed by atoms with Crippen molar-refractivity contribution in [1.29, 1.82) is 0 Å². The second kappa shape index (κ2) is 11.5. The molecule has 0 atom stereocenters. The molecule has 0 amide bonds. The van der Waals surface area contributed by atoms with E-state index < -0.39 is 0 Å². The zero-order valence-corrected chi connectivity index (χ0v) is 27.3. The Morgan fingerprint density at radius 1 is 0.320 bits per heavy atom. The standard InChI is InChI=1S/C48H31NO/c1-2-11-32(12-3-1)35-13-8-14-36(29-35)33-23-25-34(26-24-33)37-15-9-16-39(30-37)49-45-21-6-4-17-41(45)44-31-38(27-28-46(44)49)40-19-10-20-43-42-18-5-7-22-47(42)50-48(40)43/h1-31H. The summed E-state index contributed by atoms with van der Waals surface area (Å²) in [6.45, 7) is 0. The van der Waals surface area contributed by atoms with E-state index in [1.165, 1.54) is 55.2 Å². The fourth-order valence-electron chi connectivity index (χ4n) is 7.58. The first-order valence-corrected chi connectivity index (χ1v) is 17.1. The van der Waals surface area contributed by atoms with Gasteiger partial charge in [-0.05, 0) is 81.4 Å². The van der Waals surface area contributed by atoms with Crippen LogP contribution in [0.3, 0.4) is 0 Å². The van der Waals surface area contributed by atoms with Crippen LogP contribution >= 0.6 is 0 Å². The summed E-state index contributed by atoms with van der Waals surface area (Å²) >= 11 is 0. The number of benzene rings is 8. The molecule has 0 aliphatic heterocycles. The molecule has 0 radical (unpaired) electrons. The Bertz CT molecular complexity index is 2850. The van der Waals surface area contributed by atoms with E-state index in [4.69, 9.17) is 4.42 Å². The van der Waals surface area contributed by atoms with Gasteiger partial charge in [-0.15, -0.1) is 0 Å². The van der Waals surface area contributed by atoms with Crippen LogP contribution in [0.2, 0.25) is 0 Å². The molecule has 0 aliphatic rings. The van der Waals surface area contributed by atoms with Crippen molar-refractivity contribution in [2.45, 2.75) is 0 Å². The lowest BCUT2D eigenvalue weighted by molar-refractivity contribution is 0.670. The lowest BCUT2D eigenvalue weighted by Crippen LogP contribution is -1.94. The van der Waals surface area contributed by atoms with Crippen LogP contribution in [0, 0.1) is 0 Å². The van der Waals surface area contributed by atoms with Crippen molar-refractivity contribution >= 4 is 43.7 Å². The topological polar surface area (TPSA) is 18.1 Å². The maximum Gasteiger partial charge on any atom is 0.143 e. The number of rotatable bonds is 5. The average Bonchev–Trinajstić information content (AvgIpc) is 3.74. The van der Waals surface area contributed by atoms with Gasteiger partial charge in [0, 0.05) is 32.8 Å². The van der Waals surface area contributed by atoms with Crippen molar-refractivity contribution in [2.75, 3.05) is 0 Å². The van der Waals surface area contributed by atoms with Gasteiger partial charge in [0.25, 0.3) is 0 Å². The third-order valence-corrected chi connectivity index (χ3v) is 10.0. The molecule has 2 heterocycles. The molecule has 0 bridgehead atoms. The molecule has 10 aromatic rings. The van der Waals surface area contributed by atoms with E-state index in [1.807, 2.05) is 12.1 Å². The highest BCUT2D eigenvalue weighted by molar-refractivity contribution is 6.13. The molecule has 2 nitrogen and oxygen atoms in total. The predicted octanol–water partition coefficient (Wildman–Crippen LogP) is 13.4. The lowest BCUT2D eigenvalue weighted by Gasteiger charge is -2.11. The zero-order valence-electron chi connectivity index (χ0n) is 27.3. The number of aromatic nitrogens is 1. The summed E-state index contributed by atoms with van der Waals surface area (Å²) in [5.41, 5.74) is 14.9. The minimum atomic E-state index is 0.916. The summed E-state index contributed by atoms with van der Waals surface area (Å²) in [5, 5.41) is 4.74. The maximum atomic E-state index is 6.42. The average molecular weight is 638 g/mol. The van der Waals surface area contributed by atoms with Gasteiger partial charge >= 0.3 is 0 Å². The second-order valence-corrected chi connectivity index (χ2v) is 12.9. The highest BCUT2D eigenvalue weighted by Gasteiger charge is 2.16. The number of hydrogen-bond acceptors (Lipinski definition) is 1. The molecule has 0 unspecified atom stereocenters. The molecule has 2 heteroatoms. The van der Waals surface area contributed by atoms with Crippen LogP contribution in [0.25, 0.3) is 93.9 Å². The Balaban J connectivity index is 1.04. The van der Waals surface area contributed by atoms with Gasteiger partial charge in [-0.1, -0.05) is 146 Å². The van der Waals surface area contributed by atoms with Crippen LogP contribution in [0.1, 0.15) is 0 Å². The van der Waals surface area contributed by atoms with Crippen LogP contribution in [-0.2, 0) is 0 Å². The molecule has 0 fully saturated rings. The highest BCUT2D eigenvalue weighted by Crippen LogP contribution is 2.40. The first kappa shape index (κ1) is 28.4. The normalized spacial score (nSPS) is 11.6. The molecular formula is C48H31NO. The Labute approximate surface area is 290 Å². The molecule has 234 valence electrons. The van der Waals surface area contributed by atoms with Crippen LogP contribution in [0.15, 0.2) is 192 Å². The van der Waals surface area contributed by atoms with Gasteiger partial charge in [-0.3, -0.25) is 0 Å². The lowest BCUT2D eigenvalue weighted by atomic mass is 9.97. The van der Waals surface area contributed by atoms with Gasteiger partial charge in [0.1, 0.15) is 11.2 Å². The van der Waals surface area contributed by atoms with Crippen LogP contribution < -0.4 is 0 Å². The van der Waals surface area contributed by atoms with Crippen LogP contribution in [0.4, 0.5) is 0 Å². The fourth-order valence-corrected chi connectivity index (χ4v) is 7.58. The molecule has 0 saturated carbocycles. The monoisotopic (exact) mass is 637 g/mol. The van der Waals surface area contributed by atoms with Crippen molar-refractivity contribution < 1.29 is 4.42 Å². The Kier molecular flexibility index (Phi) is 6.53. The summed E-state index contributed by atoms with van der Waals surface area (Å²) in [6.07, 6.45) is 0. The smallest absolute Gasteiger partial charge is 0.143 e. The Morgan fingerprint density at radius 3 is 1.68 bits per heavy atom. The fraction of sp³-hybridized carbons (Fsp3) is 0. The number of hydrogen-bond donors (Lipinski definition) is 0. The Hall–Kier alpha value is -6.64. The van der Waals surface area contributed by atoms with E-state index in [2.05, 4.69) is 180 Å². The maximum absolute atomic E-state index is 6.42. The molecule has 10 rings (SSSR count). The SMILES string of the molecule is c1ccc(-c2cccc(-c3ccc(-c4cccc(-n5c6ccccc6c6cc(-c7cccc8c7oc7ccccc78)ccc65)c4)cc3)c2)cc1. The summed E-state index contributed by atoms with van der Waals surface area (Å²) in [4.78, 5) is 0. The number of para-hydroxylation sites is 3. The molecular weight excluding hydrogens is 607 g/mol. The largest absolute Gasteiger partial charge is 0.455 e.